The zero-order valence-corrected chi connectivity index (χ0v) is 7.87. The molecule has 0 unspecified atom stereocenters. The van der Waals surface area contributed by atoms with Crippen molar-refractivity contribution in [2.45, 2.75) is 30.8 Å². The Bertz CT molecular complexity index is 197. The number of rotatable bonds is 4. The van der Waals surface area contributed by atoms with Gasteiger partial charge in [-0.15, -0.1) is 0 Å². The third-order valence-corrected chi connectivity index (χ3v) is 2.40. The Labute approximate surface area is 82.7 Å². The van der Waals surface area contributed by atoms with E-state index in [-0.39, 0.29) is 6.04 Å². The van der Waals surface area contributed by atoms with Gasteiger partial charge in [0.05, 0.1) is 12.7 Å². The fourth-order valence-corrected chi connectivity index (χ4v) is 1.46. The van der Waals surface area contributed by atoms with Crippen LogP contribution in [-0.2, 0) is 0 Å². The predicted octanol–water partition coefficient (Wildman–Crippen LogP) is -2.02. The molecule has 1 rings (SSSR count). The number of hydrogen-bond donors (Lipinski definition) is 5. The number of nitrogens with one attached hydrogen (secondary N) is 1. The van der Waals surface area contributed by atoms with Gasteiger partial charge < -0.3 is 25.7 Å². The lowest BCUT2D eigenvalue weighted by atomic mass is 9.97. The Morgan fingerprint density at radius 2 is 2.00 bits per heavy atom. The van der Waals surface area contributed by atoms with Crippen LogP contribution in [-0.4, -0.2) is 57.9 Å². The van der Waals surface area contributed by atoms with Gasteiger partial charge in [-0.05, 0) is 6.42 Å². The summed E-state index contributed by atoms with van der Waals surface area (Å²) >= 11 is 0. The first-order valence-corrected chi connectivity index (χ1v) is 4.70. The van der Waals surface area contributed by atoms with Gasteiger partial charge in [-0.2, -0.15) is 0 Å². The molecule has 1 heterocycles. The summed E-state index contributed by atoms with van der Waals surface area (Å²) in [6.45, 7) is 0.0878. The summed E-state index contributed by atoms with van der Waals surface area (Å²) in [4.78, 5) is 0. The molecule has 82 valence electrons. The summed E-state index contributed by atoms with van der Waals surface area (Å²) in [7, 11) is 0. The summed E-state index contributed by atoms with van der Waals surface area (Å²) in [5.41, 5.74) is 0. The molecule has 0 aromatic carbocycles. The van der Waals surface area contributed by atoms with E-state index in [2.05, 4.69) is 5.32 Å². The van der Waals surface area contributed by atoms with E-state index in [0.29, 0.717) is 13.0 Å². The maximum Gasteiger partial charge on any atom is 0.109 e. The van der Waals surface area contributed by atoms with Crippen molar-refractivity contribution < 1.29 is 20.4 Å². The molecule has 0 radical (unpaired) electrons. The van der Waals surface area contributed by atoms with E-state index in [0.717, 1.165) is 0 Å². The van der Waals surface area contributed by atoms with E-state index in [9.17, 15) is 10.2 Å². The minimum atomic E-state index is -1.32. The Kier molecular flexibility index (Phi) is 4.50. The first kappa shape index (κ1) is 11.6. The van der Waals surface area contributed by atoms with E-state index in [4.69, 9.17) is 10.2 Å². The lowest BCUT2D eigenvalue weighted by Crippen LogP contribution is -2.51. The van der Waals surface area contributed by atoms with Gasteiger partial charge in [-0.3, -0.25) is 0 Å². The Morgan fingerprint density at radius 3 is 2.50 bits per heavy atom. The second-order valence-corrected chi connectivity index (χ2v) is 3.45. The molecular formula is C9H17NO4. The van der Waals surface area contributed by atoms with Gasteiger partial charge >= 0.3 is 0 Å². The van der Waals surface area contributed by atoms with Crippen molar-refractivity contribution in [1.29, 1.82) is 0 Å². The first-order valence-electron chi connectivity index (χ1n) is 4.70. The van der Waals surface area contributed by atoms with Crippen molar-refractivity contribution in [3.63, 3.8) is 0 Å². The summed E-state index contributed by atoms with van der Waals surface area (Å²) in [6.07, 6.45) is 0.764. The van der Waals surface area contributed by atoms with Gasteiger partial charge in [0.15, 0.2) is 0 Å². The summed E-state index contributed by atoms with van der Waals surface area (Å²) in [6, 6.07) is -0.267. The lowest BCUT2D eigenvalue weighted by molar-refractivity contribution is -0.0866. The van der Waals surface area contributed by atoms with Crippen LogP contribution in [0.5, 0.6) is 0 Å². The largest absolute Gasteiger partial charge is 0.394 e. The zero-order chi connectivity index (χ0) is 10.6. The van der Waals surface area contributed by atoms with Crippen LogP contribution < -0.4 is 5.32 Å². The average molecular weight is 203 g/mol. The van der Waals surface area contributed by atoms with Gasteiger partial charge in [0.25, 0.3) is 0 Å². The number of hydrogen-bond acceptors (Lipinski definition) is 5. The molecule has 5 heteroatoms. The maximum atomic E-state index is 9.63. The second-order valence-electron chi connectivity index (χ2n) is 3.45. The topological polar surface area (TPSA) is 93.0 Å². The summed E-state index contributed by atoms with van der Waals surface area (Å²) in [5, 5.41) is 39.7. The highest BCUT2D eigenvalue weighted by Gasteiger charge is 2.30. The van der Waals surface area contributed by atoms with E-state index < -0.39 is 24.9 Å². The molecule has 0 saturated carbocycles. The van der Waals surface area contributed by atoms with Crippen LogP contribution in [0.4, 0.5) is 0 Å². The van der Waals surface area contributed by atoms with Crippen LogP contribution in [0.2, 0.25) is 0 Å². The highest BCUT2D eigenvalue weighted by Crippen LogP contribution is 2.10. The minimum absolute atomic E-state index is 0.267. The molecule has 0 saturated heterocycles. The van der Waals surface area contributed by atoms with E-state index in [1.807, 2.05) is 12.2 Å². The third-order valence-electron chi connectivity index (χ3n) is 2.40. The van der Waals surface area contributed by atoms with E-state index in [1.165, 1.54) is 0 Å². The van der Waals surface area contributed by atoms with Crippen LogP contribution in [0.3, 0.4) is 0 Å². The highest BCUT2D eigenvalue weighted by atomic mass is 16.4. The standard InChI is InChI=1S/C9H17NO4/c11-5-7(12)9(14)8(13)6-3-1-2-4-10-6/h1-2,6-14H,3-5H2/t6-,7-,8+,9+/m1/s1. The first-order chi connectivity index (χ1) is 6.66. The van der Waals surface area contributed by atoms with Crippen LogP contribution in [0.1, 0.15) is 6.42 Å². The molecular weight excluding hydrogens is 186 g/mol. The highest BCUT2D eigenvalue weighted by molar-refractivity contribution is 4.98. The van der Waals surface area contributed by atoms with Gasteiger partial charge in [-0.1, -0.05) is 12.2 Å². The van der Waals surface area contributed by atoms with Crippen molar-refractivity contribution in [3.05, 3.63) is 12.2 Å². The van der Waals surface area contributed by atoms with Crippen LogP contribution in [0.15, 0.2) is 12.2 Å². The molecule has 0 bridgehead atoms. The Balaban J connectivity index is 2.46. The molecule has 1 aliphatic heterocycles. The Hall–Kier alpha value is -0.460. The predicted molar refractivity (Wildman–Crippen MR) is 50.7 cm³/mol. The van der Waals surface area contributed by atoms with Crippen LogP contribution >= 0.6 is 0 Å². The fraction of sp³-hybridized carbons (Fsp3) is 0.778. The molecule has 0 aromatic rings. The fourth-order valence-electron chi connectivity index (χ4n) is 1.46. The molecule has 0 spiro atoms. The van der Waals surface area contributed by atoms with Gasteiger partial charge in [0, 0.05) is 12.6 Å². The molecule has 0 amide bonds. The van der Waals surface area contributed by atoms with Crippen molar-refractivity contribution in [1.82, 2.24) is 5.32 Å². The zero-order valence-electron chi connectivity index (χ0n) is 7.87. The third kappa shape index (κ3) is 2.76. The molecule has 1 aliphatic rings. The van der Waals surface area contributed by atoms with E-state index >= 15 is 0 Å². The molecule has 14 heavy (non-hydrogen) atoms. The second kappa shape index (κ2) is 5.43. The van der Waals surface area contributed by atoms with Gasteiger partial charge in [-0.25, -0.2) is 0 Å². The monoisotopic (exact) mass is 203 g/mol. The van der Waals surface area contributed by atoms with Crippen LogP contribution in [0.25, 0.3) is 0 Å². The smallest absolute Gasteiger partial charge is 0.109 e. The molecule has 0 aromatic heterocycles. The SMILES string of the molecule is OC[C@@H](O)[C@H](O)[C@@H](O)[C@H]1CC=CCN1. The maximum absolute atomic E-state index is 9.63. The van der Waals surface area contributed by atoms with Crippen molar-refractivity contribution in [3.8, 4) is 0 Å². The lowest BCUT2D eigenvalue weighted by Gasteiger charge is -2.30. The van der Waals surface area contributed by atoms with E-state index in [1.54, 1.807) is 0 Å². The molecule has 4 atom stereocenters. The van der Waals surface area contributed by atoms with Crippen molar-refractivity contribution in [2.24, 2.45) is 0 Å². The molecule has 0 fully saturated rings. The van der Waals surface area contributed by atoms with Gasteiger partial charge in [0.2, 0.25) is 0 Å². The quantitative estimate of drug-likeness (QED) is 0.340. The average Bonchev–Trinajstić information content (AvgIpc) is 2.27. The molecule has 5 N–H and O–H groups in total. The number of aliphatic hydroxyl groups excluding tert-OH is 4. The van der Waals surface area contributed by atoms with Crippen molar-refractivity contribution >= 4 is 0 Å². The number of aliphatic hydroxyl groups is 4. The molecule has 0 aliphatic carbocycles. The minimum Gasteiger partial charge on any atom is -0.394 e. The van der Waals surface area contributed by atoms with Crippen LogP contribution in [0, 0.1) is 0 Å². The summed E-state index contributed by atoms with van der Waals surface area (Å²) in [5.74, 6) is 0. The Morgan fingerprint density at radius 1 is 1.29 bits per heavy atom. The van der Waals surface area contributed by atoms with Gasteiger partial charge in [0.1, 0.15) is 12.2 Å². The normalized spacial score (nSPS) is 28.4. The van der Waals surface area contributed by atoms with Crippen molar-refractivity contribution in [2.75, 3.05) is 13.2 Å². The summed E-state index contributed by atoms with van der Waals surface area (Å²) < 4.78 is 0. The molecule has 5 nitrogen and oxygen atoms in total.